The van der Waals surface area contributed by atoms with E-state index in [0.29, 0.717) is 18.8 Å². The molecule has 0 aliphatic rings. The van der Waals surface area contributed by atoms with Crippen LogP contribution in [0.5, 0.6) is 5.75 Å². The van der Waals surface area contributed by atoms with E-state index in [0.717, 1.165) is 0 Å². The summed E-state index contributed by atoms with van der Waals surface area (Å²) in [6.07, 6.45) is 0. The summed E-state index contributed by atoms with van der Waals surface area (Å²) < 4.78 is -0.0692. The molecule has 0 saturated carbocycles. The van der Waals surface area contributed by atoms with Crippen molar-refractivity contribution in [3.05, 3.63) is 50.5 Å². The fraction of sp³-hybridized carbons (Fsp3) is 0.235. The lowest BCUT2D eigenvalue weighted by Gasteiger charge is -2.23. The monoisotopic (exact) mass is 432 g/mol. The highest BCUT2D eigenvalue weighted by Gasteiger charge is 2.33. The molecule has 0 aliphatic heterocycles. The second-order valence-electron chi connectivity index (χ2n) is 5.30. The van der Waals surface area contributed by atoms with Crippen LogP contribution >= 0.6 is 15.9 Å². The Balaban J connectivity index is 2.65. The van der Waals surface area contributed by atoms with Crippen LogP contribution < -0.4 is 10.3 Å². The van der Waals surface area contributed by atoms with E-state index in [4.69, 9.17) is 0 Å². The summed E-state index contributed by atoms with van der Waals surface area (Å²) in [5, 5.41) is 39.3. The first-order valence-electron chi connectivity index (χ1n) is 8.05. The van der Waals surface area contributed by atoms with Crippen LogP contribution in [-0.4, -0.2) is 23.1 Å². The van der Waals surface area contributed by atoms with Gasteiger partial charge in [0.25, 0.3) is 0 Å². The molecule has 0 radical (unpaired) electrons. The van der Waals surface area contributed by atoms with E-state index >= 15 is 0 Å². The van der Waals surface area contributed by atoms with Gasteiger partial charge in [-0.2, -0.15) is 5.26 Å². The Morgan fingerprint density at radius 2 is 1.96 bits per heavy atom. The van der Waals surface area contributed by atoms with Crippen LogP contribution in [0.25, 0.3) is 0 Å². The zero-order valence-electron chi connectivity index (χ0n) is 14.7. The van der Waals surface area contributed by atoms with Gasteiger partial charge in [-0.1, -0.05) is 23.4 Å². The van der Waals surface area contributed by atoms with Gasteiger partial charge >= 0.3 is 5.69 Å². The number of nitro groups is 1. The maximum absolute atomic E-state index is 11.8. The Kier molecular flexibility index (Phi) is 6.67. The maximum atomic E-state index is 11.8. The average molecular weight is 433 g/mol. The molecule has 0 bridgehead atoms. The first kappa shape index (κ1) is 20.1. The number of hydrogen-bond acceptors (Lipinski definition) is 7. The predicted molar refractivity (Wildman–Crippen MR) is 105 cm³/mol. The molecule has 0 heterocycles. The van der Waals surface area contributed by atoms with E-state index in [1.165, 1.54) is 0 Å². The van der Waals surface area contributed by atoms with Crippen LogP contribution in [0.3, 0.4) is 0 Å². The van der Waals surface area contributed by atoms with E-state index < -0.39 is 16.4 Å². The lowest BCUT2D eigenvalue weighted by atomic mass is 10.1. The molecule has 0 unspecified atom stereocenters. The van der Waals surface area contributed by atoms with E-state index in [9.17, 15) is 20.5 Å². The second-order valence-corrected chi connectivity index (χ2v) is 6.10. The molecule has 2 N–H and O–H groups in total. The van der Waals surface area contributed by atoms with Crippen molar-refractivity contribution in [2.75, 3.05) is 23.4 Å². The van der Waals surface area contributed by atoms with E-state index in [1.807, 2.05) is 12.1 Å². The Morgan fingerprint density at radius 1 is 1.33 bits per heavy atom. The van der Waals surface area contributed by atoms with Gasteiger partial charge in [-0.25, -0.2) is 0 Å². The first-order chi connectivity index (χ1) is 13.0. The zero-order valence-corrected chi connectivity index (χ0v) is 16.3. The minimum absolute atomic E-state index is 0.0156. The first-order valence-corrected chi connectivity index (χ1v) is 8.85. The van der Waals surface area contributed by atoms with Crippen LogP contribution in [-0.2, 0) is 0 Å². The SMILES string of the molecule is CCN(CC)c1c(C#N)c(O)c(Br)c(N=NNc2ccccc2)c1[N+](=O)[O-]. The summed E-state index contributed by atoms with van der Waals surface area (Å²) in [5.74, 6) is -0.418. The van der Waals surface area contributed by atoms with Crippen molar-refractivity contribution >= 4 is 38.7 Å². The number of rotatable bonds is 7. The van der Waals surface area contributed by atoms with Crippen molar-refractivity contribution in [3.63, 3.8) is 0 Å². The van der Waals surface area contributed by atoms with Gasteiger partial charge in [0, 0.05) is 13.1 Å². The number of nitrogens with zero attached hydrogens (tertiary/aromatic N) is 5. The molecular weight excluding hydrogens is 416 g/mol. The quantitative estimate of drug-likeness (QED) is 0.364. The third-order valence-corrected chi connectivity index (χ3v) is 4.57. The molecule has 0 spiro atoms. The van der Waals surface area contributed by atoms with Crippen LogP contribution in [0, 0.1) is 21.4 Å². The van der Waals surface area contributed by atoms with Gasteiger partial charge in [0.1, 0.15) is 17.3 Å². The number of nitro benzene ring substituents is 1. The molecule has 0 aromatic heterocycles. The van der Waals surface area contributed by atoms with Crippen molar-refractivity contribution in [2.24, 2.45) is 10.3 Å². The van der Waals surface area contributed by atoms with Gasteiger partial charge in [0.05, 0.1) is 15.1 Å². The number of anilines is 2. The van der Waals surface area contributed by atoms with Gasteiger partial charge in [-0.3, -0.25) is 15.5 Å². The van der Waals surface area contributed by atoms with Gasteiger partial charge in [-0.05, 0) is 41.9 Å². The maximum Gasteiger partial charge on any atom is 0.322 e. The molecule has 0 fully saturated rings. The van der Waals surface area contributed by atoms with Crippen molar-refractivity contribution in [3.8, 4) is 11.8 Å². The molecule has 2 rings (SSSR count). The lowest BCUT2D eigenvalue weighted by molar-refractivity contribution is -0.383. The summed E-state index contributed by atoms with van der Waals surface area (Å²) >= 11 is 3.10. The molecule has 2 aromatic carbocycles. The van der Waals surface area contributed by atoms with E-state index in [2.05, 4.69) is 31.7 Å². The molecule has 0 aliphatic carbocycles. The number of halogens is 1. The molecule has 0 amide bonds. The Bertz CT molecular complexity index is 907. The number of aromatic hydroxyl groups is 1. The Labute approximate surface area is 164 Å². The number of phenolic OH excluding ortho intramolecular Hbond substituents is 1. The molecule has 9 nitrogen and oxygen atoms in total. The summed E-state index contributed by atoms with van der Waals surface area (Å²) in [6.45, 7) is 4.41. The summed E-state index contributed by atoms with van der Waals surface area (Å²) in [4.78, 5) is 12.8. The number of nitriles is 1. The van der Waals surface area contributed by atoms with Gasteiger partial charge in [-0.15, -0.1) is 5.11 Å². The highest BCUT2D eigenvalue weighted by molar-refractivity contribution is 9.10. The predicted octanol–water partition coefficient (Wildman–Crippen LogP) is 4.89. The van der Waals surface area contributed by atoms with E-state index in [-0.39, 0.29) is 21.4 Å². The number of hydrogen-bond donors (Lipinski definition) is 2. The summed E-state index contributed by atoms with van der Waals surface area (Å²) in [6, 6.07) is 10.8. The van der Waals surface area contributed by atoms with Gasteiger partial charge < -0.3 is 10.0 Å². The number of para-hydroxylation sites is 1. The lowest BCUT2D eigenvalue weighted by Crippen LogP contribution is -2.24. The smallest absolute Gasteiger partial charge is 0.322 e. The fourth-order valence-corrected chi connectivity index (χ4v) is 3.00. The van der Waals surface area contributed by atoms with Crippen LogP contribution in [0.15, 0.2) is 45.1 Å². The fourth-order valence-electron chi connectivity index (χ4n) is 2.53. The van der Waals surface area contributed by atoms with Gasteiger partial charge in [0.15, 0.2) is 11.4 Å². The zero-order chi connectivity index (χ0) is 20.0. The minimum atomic E-state index is -0.629. The van der Waals surface area contributed by atoms with Crippen molar-refractivity contribution < 1.29 is 10.0 Å². The van der Waals surface area contributed by atoms with E-state index in [1.54, 1.807) is 43.0 Å². The largest absolute Gasteiger partial charge is 0.505 e. The molecule has 27 heavy (non-hydrogen) atoms. The Morgan fingerprint density at radius 3 is 2.48 bits per heavy atom. The average Bonchev–Trinajstić information content (AvgIpc) is 2.67. The third kappa shape index (κ3) is 4.15. The molecule has 0 saturated heterocycles. The normalized spacial score (nSPS) is 10.6. The van der Waals surface area contributed by atoms with Gasteiger partial charge in [0.2, 0.25) is 0 Å². The molecule has 0 atom stereocenters. The van der Waals surface area contributed by atoms with Crippen LogP contribution in [0.1, 0.15) is 19.4 Å². The minimum Gasteiger partial charge on any atom is -0.505 e. The summed E-state index contributed by atoms with van der Waals surface area (Å²) in [7, 11) is 0. The molecule has 10 heteroatoms. The second kappa shape index (κ2) is 8.95. The highest BCUT2D eigenvalue weighted by atomic mass is 79.9. The van der Waals surface area contributed by atoms with Crippen molar-refractivity contribution in [1.82, 2.24) is 0 Å². The highest BCUT2D eigenvalue weighted by Crippen LogP contribution is 2.50. The van der Waals surface area contributed by atoms with Crippen LogP contribution in [0.2, 0.25) is 0 Å². The molecule has 140 valence electrons. The summed E-state index contributed by atoms with van der Waals surface area (Å²) in [5.41, 5.74) is 2.55. The number of benzene rings is 2. The van der Waals surface area contributed by atoms with Crippen molar-refractivity contribution in [2.45, 2.75) is 13.8 Å². The molecule has 2 aromatic rings. The third-order valence-electron chi connectivity index (χ3n) is 3.81. The topological polar surface area (TPSA) is 127 Å². The molecular formula is C17H17BrN6O3. The standard InChI is InChI=1S/C17H17BrN6O3/c1-3-23(4-2)15-12(10-19)17(25)13(18)14(16(15)24(26)27)21-22-20-11-8-6-5-7-9-11/h5-9,25H,3-4H2,1-2H3,(H,20,21). The number of phenols is 1. The number of nitrogens with one attached hydrogen (secondary N) is 1. The van der Waals surface area contributed by atoms with Crippen molar-refractivity contribution in [1.29, 1.82) is 5.26 Å². The Hall–Kier alpha value is -3.19. The van der Waals surface area contributed by atoms with Crippen LogP contribution in [0.4, 0.5) is 22.7 Å².